The largest absolute Gasteiger partial charge is 0.317 e. The number of nitrogens with one attached hydrogen (secondary N) is 1. The molecule has 0 unspecified atom stereocenters. The van der Waals surface area contributed by atoms with Crippen LogP contribution in [0.3, 0.4) is 0 Å². The van der Waals surface area contributed by atoms with Crippen molar-refractivity contribution in [1.29, 1.82) is 0 Å². The Morgan fingerprint density at radius 1 is 1.14 bits per heavy atom. The van der Waals surface area contributed by atoms with Crippen molar-refractivity contribution < 1.29 is 4.79 Å². The average molecular weight is 287 g/mol. The van der Waals surface area contributed by atoms with Crippen LogP contribution in [0, 0.1) is 5.92 Å². The first-order chi connectivity index (χ1) is 9.95. The fraction of sp³-hybridized carbons (Fsp3) is 0.632. The third-order valence-electron chi connectivity index (χ3n) is 4.51. The number of hydrogen-bond acceptors (Lipinski definition) is 2. The number of Topliss-reactive ketones (excluding diaryl/α,β-unsaturated/α-hetero) is 1. The molecular weight excluding hydrogens is 258 g/mol. The third-order valence-corrected chi connectivity index (χ3v) is 4.51. The summed E-state index contributed by atoms with van der Waals surface area (Å²) >= 11 is 0. The maximum Gasteiger partial charge on any atom is 0.137 e. The quantitative estimate of drug-likeness (QED) is 0.890. The minimum absolute atomic E-state index is 0.178. The zero-order valence-electron chi connectivity index (χ0n) is 13.7. The molecule has 0 aliphatic carbocycles. The monoisotopic (exact) mass is 287 g/mol. The molecular formula is C19H29NO. The van der Waals surface area contributed by atoms with Crippen molar-refractivity contribution in [3.05, 3.63) is 35.4 Å². The average Bonchev–Trinajstić information content (AvgIpc) is 2.46. The molecule has 116 valence electrons. The van der Waals surface area contributed by atoms with Gasteiger partial charge in [-0.25, -0.2) is 0 Å². The van der Waals surface area contributed by atoms with Crippen molar-refractivity contribution in [3.63, 3.8) is 0 Å². The van der Waals surface area contributed by atoms with Crippen molar-refractivity contribution in [2.24, 2.45) is 5.92 Å². The van der Waals surface area contributed by atoms with Gasteiger partial charge >= 0.3 is 0 Å². The number of piperidine rings is 1. The van der Waals surface area contributed by atoms with Crippen LogP contribution in [0.5, 0.6) is 0 Å². The molecule has 0 spiro atoms. The summed E-state index contributed by atoms with van der Waals surface area (Å²) in [5, 5.41) is 3.37. The molecule has 1 aromatic carbocycles. The number of benzene rings is 1. The predicted octanol–water partition coefficient (Wildman–Crippen LogP) is 3.88. The molecule has 1 aromatic rings. The van der Waals surface area contributed by atoms with E-state index in [0.717, 1.165) is 37.4 Å². The molecule has 1 aliphatic rings. The van der Waals surface area contributed by atoms with E-state index in [1.165, 1.54) is 18.4 Å². The highest BCUT2D eigenvalue weighted by Gasteiger charge is 2.15. The van der Waals surface area contributed by atoms with Gasteiger partial charge in [-0.05, 0) is 54.8 Å². The first kappa shape index (κ1) is 16.2. The van der Waals surface area contributed by atoms with Crippen molar-refractivity contribution >= 4 is 5.78 Å². The van der Waals surface area contributed by atoms with E-state index in [1.54, 1.807) is 0 Å². The second kappa shape index (κ2) is 7.22. The van der Waals surface area contributed by atoms with Crippen molar-refractivity contribution in [2.75, 3.05) is 13.1 Å². The molecule has 0 atom stereocenters. The summed E-state index contributed by atoms with van der Waals surface area (Å²) in [5.74, 6) is 1.13. The fourth-order valence-corrected chi connectivity index (χ4v) is 2.97. The fourth-order valence-electron chi connectivity index (χ4n) is 2.97. The van der Waals surface area contributed by atoms with E-state index in [0.29, 0.717) is 12.2 Å². The van der Waals surface area contributed by atoms with Gasteiger partial charge in [0, 0.05) is 12.8 Å². The Morgan fingerprint density at radius 2 is 1.76 bits per heavy atom. The SMILES string of the molecule is CC(C)(C)c1ccc(CC(=O)CCC2CCNCC2)cc1. The molecule has 2 nitrogen and oxygen atoms in total. The van der Waals surface area contributed by atoms with Crippen LogP contribution in [0.1, 0.15) is 57.6 Å². The topological polar surface area (TPSA) is 29.1 Å². The van der Waals surface area contributed by atoms with Gasteiger partial charge in [-0.2, -0.15) is 0 Å². The summed E-state index contributed by atoms with van der Waals surface area (Å²) in [5.41, 5.74) is 2.66. The molecule has 0 bridgehead atoms. The van der Waals surface area contributed by atoms with Crippen LogP contribution < -0.4 is 5.32 Å². The first-order valence-corrected chi connectivity index (χ1v) is 8.27. The highest BCUT2D eigenvalue weighted by molar-refractivity contribution is 5.80. The van der Waals surface area contributed by atoms with Crippen LogP contribution in [0.4, 0.5) is 0 Å². The van der Waals surface area contributed by atoms with Crippen LogP contribution in [0.2, 0.25) is 0 Å². The lowest BCUT2D eigenvalue weighted by atomic mass is 9.86. The van der Waals surface area contributed by atoms with E-state index in [1.807, 2.05) is 0 Å². The molecule has 0 amide bonds. The summed E-state index contributed by atoms with van der Waals surface area (Å²) in [6, 6.07) is 8.55. The molecule has 1 aliphatic heterocycles. The van der Waals surface area contributed by atoms with E-state index in [2.05, 4.69) is 50.4 Å². The summed E-state index contributed by atoms with van der Waals surface area (Å²) in [4.78, 5) is 12.1. The van der Waals surface area contributed by atoms with Crippen LogP contribution in [0.15, 0.2) is 24.3 Å². The number of carbonyl (C=O) groups is 1. The van der Waals surface area contributed by atoms with Gasteiger partial charge in [0.15, 0.2) is 0 Å². The third kappa shape index (κ3) is 5.28. The van der Waals surface area contributed by atoms with Gasteiger partial charge in [-0.15, -0.1) is 0 Å². The predicted molar refractivity (Wildman–Crippen MR) is 88.7 cm³/mol. The Labute approximate surface area is 129 Å². The highest BCUT2D eigenvalue weighted by atomic mass is 16.1. The van der Waals surface area contributed by atoms with Gasteiger partial charge in [-0.3, -0.25) is 4.79 Å². The van der Waals surface area contributed by atoms with E-state index < -0.39 is 0 Å². The van der Waals surface area contributed by atoms with Gasteiger partial charge in [0.2, 0.25) is 0 Å². The Kier molecular flexibility index (Phi) is 5.58. The van der Waals surface area contributed by atoms with Gasteiger partial charge in [0.05, 0.1) is 0 Å². The summed E-state index contributed by atoms with van der Waals surface area (Å²) < 4.78 is 0. The molecule has 21 heavy (non-hydrogen) atoms. The smallest absolute Gasteiger partial charge is 0.137 e. The Balaban J connectivity index is 1.79. The molecule has 2 heteroatoms. The van der Waals surface area contributed by atoms with E-state index in [9.17, 15) is 4.79 Å². The molecule has 0 saturated carbocycles. The molecule has 0 radical (unpaired) electrons. The van der Waals surface area contributed by atoms with Crippen LogP contribution >= 0.6 is 0 Å². The van der Waals surface area contributed by atoms with E-state index in [-0.39, 0.29) is 5.41 Å². The zero-order chi connectivity index (χ0) is 15.3. The maximum absolute atomic E-state index is 12.1. The molecule has 1 fully saturated rings. The normalized spacial score (nSPS) is 16.9. The molecule has 0 aromatic heterocycles. The van der Waals surface area contributed by atoms with Gasteiger partial charge < -0.3 is 5.32 Å². The van der Waals surface area contributed by atoms with Gasteiger partial charge in [0.1, 0.15) is 5.78 Å². The molecule has 1 N–H and O–H groups in total. The zero-order valence-corrected chi connectivity index (χ0v) is 13.7. The lowest BCUT2D eigenvalue weighted by molar-refractivity contribution is -0.118. The van der Waals surface area contributed by atoms with Gasteiger partial charge in [-0.1, -0.05) is 45.0 Å². The maximum atomic E-state index is 12.1. The lowest BCUT2D eigenvalue weighted by Gasteiger charge is -2.22. The lowest BCUT2D eigenvalue weighted by Crippen LogP contribution is -2.28. The summed E-state index contributed by atoms with van der Waals surface area (Å²) in [6.07, 6.45) is 4.86. The minimum atomic E-state index is 0.178. The van der Waals surface area contributed by atoms with Gasteiger partial charge in [0.25, 0.3) is 0 Å². The Morgan fingerprint density at radius 3 is 2.33 bits per heavy atom. The minimum Gasteiger partial charge on any atom is -0.317 e. The number of hydrogen-bond donors (Lipinski definition) is 1. The number of rotatable bonds is 5. The second-order valence-electron chi connectivity index (χ2n) is 7.39. The summed E-state index contributed by atoms with van der Waals surface area (Å²) in [6.45, 7) is 8.88. The van der Waals surface area contributed by atoms with Crippen LogP contribution in [-0.2, 0) is 16.6 Å². The first-order valence-electron chi connectivity index (χ1n) is 8.27. The standard InChI is InChI=1S/C19H29NO/c1-19(2,3)17-7-4-16(5-8-17)14-18(21)9-6-15-10-12-20-13-11-15/h4-5,7-8,15,20H,6,9-14H2,1-3H3. The highest BCUT2D eigenvalue weighted by Crippen LogP contribution is 2.23. The molecule has 2 rings (SSSR count). The van der Waals surface area contributed by atoms with E-state index >= 15 is 0 Å². The molecule has 1 saturated heterocycles. The Hall–Kier alpha value is -1.15. The molecule has 1 heterocycles. The second-order valence-corrected chi connectivity index (χ2v) is 7.39. The summed E-state index contributed by atoms with van der Waals surface area (Å²) in [7, 11) is 0. The van der Waals surface area contributed by atoms with Crippen molar-refractivity contribution in [2.45, 2.75) is 58.3 Å². The van der Waals surface area contributed by atoms with Crippen LogP contribution in [-0.4, -0.2) is 18.9 Å². The Bertz CT molecular complexity index is 449. The van der Waals surface area contributed by atoms with Crippen molar-refractivity contribution in [1.82, 2.24) is 5.32 Å². The number of carbonyl (C=O) groups excluding carboxylic acids is 1. The van der Waals surface area contributed by atoms with Crippen LogP contribution in [0.25, 0.3) is 0 Å². The number of ketones is 1. The van der Waals surface area contributed by atoms with E-state index in [4.69, 9.17) is 0 Å². The van der Waals surface area contributed by atoms with Crippen molar-refractivity contribution in [3.8, 4) is 0 Å².